The van der Waals surface area contributed by atoms with Gasteiger partial charge in [-0.25, -0.2) is 0 Å². The van der Waals surface area contributed by atoms with E-state index in [2.05, 4.69) is 37.6 Å². The number of carbonyl (C=O) groups excluding carboxylic acids is 2. The topological polar surface area (TPSA) is 76.7 Å². The number of hydrogen-bond donors (Lipinski definition) is 2. The van der Waals surface area contributed by atoms with E-state index in [0.29, 0.717) is 36.1 Å². The molecule has 0 fully saturated rings. The maximum Gasteiger partial charge on any atom is 0.221 e. The largest absolute Gasteiger partial charge is 0.487 e. The average molecular weight is 423 g/mol. The first-order valence-electron chi connectivity index (χ1n) is 10.0. The molecule has 164 valence electrons. The molecular weight excluding hydrogens is 392 g/mol. The molecule has 0 unspecified atom stereocenters. The second-order valence-corrected chi connectivity index (χ2v) is 7.61. The third-order valence-electron chi connectivity index (χ3n) is 4.74. The summed E-state index contributed by atoms with van der Waals surface area (Å²) in [6, 6.07) is 11.4. The highest BCUT2D eigenvalue weighted by molar-refractivity contribution is 5.91. The molecule has 2 rings (SSSR count). The van der Waals surface area contributed by atoms with Crippen molar-refractivity contribution in [1.82, 2.24) is 0 Å². The van der Waals surface area contributed by atoms with Crippen LogP contribution in [0.15, 0.2) is 61.7 Å². The molecule has 0 spiro atoms. The number of rotatable bonds is 10. The Bertz CT molecular complexity index is 902. The SMILES string of the molecule is C=CCOc1ccc(C(C)(C)c2ccc(OCC=C)c(NC(C)=O)c2)cc1NC(C)=O. The lowest BCUT2D eigenvalue weighted by atomic mass is 9.77. The fraction of sp³-hybridized carbons (Fsp3) is 0.280. The van der Waals surface area contributed by atoms with E-state index in [4.69, 9.17) is 9.47 Å². The first-order chi connectivity index (χ1) is 14.7. The summed E-state index contributed by atoms with van der Waals surface area (Å²) in [6.45, 7) is 15.0. The molecule has 0 atom stereocenters. The van der Waals surface area contributed by atoms with Crippen molar-refractivity contribution in [2.75, 3.05) is 23.8 Å². The predicted molar refractivity (Wildman–Crippen MR) is 125 cm³/mol. The molecule has 2 aromatic carbocycles. The molecule has 31 heavy (non-hydrogen) atoms. The molecule has 6 heteroatoms. The summed E-state index contributed by atoms with van der Waals surface area (Å²) in [5, 5.41) is 5.66. The Morgan fingerprint density at radius 1 is 0.839 bits per heavy atom. The Kier molecular flexibility index (Phi) is 8.02. The number of anilines is 2. The molecule has 2 amide bonds. The van der Waals surface area contributed by atoms with Crippen LogP contribution in [-0.2, 0) is 15.0 Å². The monoisotopic (exact) mass is 422 g/mol. The highest BCUT2D eigenvalue weighted by Gasteiger charge is 2.26. The second-order valence-electron chi connectivity index (χ2n) is 7.61. The van der Waals surface area contributed by atoms with Crippen molar-refractivity contribution in [1.29, 1.82) is 0 Å². The van der Waals surface area contributed by atoms with E-state index < -0.39 is 5.41 Å². The minimum absolute atomic E-state index is 0.185. The number of benzene rings is 2. The normalized spacial score (nSPS) is 10.7. The summed E-state index contributed by atoms with van der Waals surface area (Å²) in [6.07, 6.45) is 3.30. The first-order valence-corrected chi connectivity index (χ1v) is 10.0. The molecule has 0 saturated heterocycles. The van der Waals surface area contributed by atoms with E-state index in [1.165, 1.54) is 13.8 Å². The van der Waals surface area contributed by atoms with Crippen molar-refractivity contribution in [2.24, 2.45) is 0 Å². The van der Waals surface area contributed by atoms with Gasteiger partial charge < -0.3 is 20.1 Å². The van der Waals surface area contributed by atoms with Crippen molar-refractivity contribution < 1.29 is 19.1 Å². The zero-order valence-electron chi connectivity index (χ0n) is 18.6. The van der Waals surface area contributed by atoms with E-state index in [1.807, 2.05) is 36.4 Å². The van der Waals surface area contributed by atoms with Crippen LogP contribution in [0.4, 0.5) is 11.4 Å². The van der Waals surface area contributed by atoms with Crippen LogP contribution >= 0.6 is 0 Å². The third-order valence-corrected chi connectivity index (χ3v) is 4.74. The summed E-state index contributed by atoms with van der Waals surface area (Å²) < 4.78 is 11.3. The average Bonchev–Trinajstić information content (AvgIpc) is 2.71. The van der Waals surface area contributed by atoms with Gasteiger partial charge in [0.1, 0.15) is 24.7 Å². The summed E-state index contributed by atoms with van der Waals surface area (Å²) in [5.74, 6) is 0.772. The molecule has 0 saturated carbocycles. The minimum atomic E-state index is -0.436. The van der Waals surface area contributed by atoms with Crippen LogP contribution in [0.2, 0.25) is 0 Å². The summed E-state index contributed by atoms with van der Waals surface area (Å²) >= 11 is 0. The number of ether oxygens (including phenoxy) is 2. The molecule has 2 N–H and O–H groups in total. The van der Waals surface area contributed by atoms with Gasteiger partial charge in [-0.1, -0.05) is 51.3 Å². The minimum Gasteiger partial charge on any atom is -0.487 e. The van der Waals surface area contributed by atoms with Gasteiger partial charge >= 0.3 is 0 Å². The van der Waals surface area contributed by atoms with Gasteiger partial charge in [0, 0.05) is 19.3 Å². The molecule has 0 radical (unpaired) electrons. The van der Waals surface area contributed by atoms with Crippen molar-refractivity contribution in [3.63, 3.8) is 0 Å². The first kappa shape index (κ1) is 23.7. The number of hydrogen-bond acceptors (Lipinski definition) is 4. The molecule has 0 bridgehead atoms. The molecule has 0 aromatic heterocycles. The quantitative estimate of drug-likeness (QED) is 0.525. The van der Waals surface area contributed by atoms with Crippen LogP contribution in [0.25, 0.3) is 0 Å². The van der Waals surface area contributed by atoms with Crippen LogP contribution in [0.3, 0.4) is 0 Å². The van der Waals surface area contributed by atoms with E-state index in [9.17, 15) is 9.59 Å². The predicted octanol–water partition coefficient (Wildman–Crippen LogP) is 5.06. The maximum absolute atomic E-state index is 11.7. The smallest absolute Gasteiger partial charge is 0.221 e. The Morgan fingerprint density at radius 2 is 1.23 bits per heavy atom. The summed E-state index contributed by atoms with van der Waals surface area (Å²) in [4.78, 5) is 23.4. The van der Waals surface area contributed by atoms with E-state index in [-0.39, 0.29) is 11.8 Å². The van der Waals surface area contributed by atoms with E-state index in [1.54, 1.807) is 12.2 Å². The Hall–Kier alpha value is -3.54. The second kappa shape index (κ2) is 10.5. The summed E-state index contributed by atoms with van der Waals surface area (Å²) in [5.41, 5.74) is 2.68. The Morgan fingerprint density at radius 3 is 1.55 bits per heavy atom. The molecule has 2 aromatic rings. The van der Waals surface area contributed by atoms with E-state index >= 15 is 0 Å². The van der Waals surface area contributed by atoms with Crippen molar-refractivity contribution in [3.05, 3.63) is 72.8 Å². The molecule has 0 aliphatic carbocycles. The van der Waals surface area contributed by atoms with Crippen LogP contribution < -0.4 is 20.1 Å². The van der Waals surface area contributed by atoms with E-state index in [0.717, 1.165) is 11.1 Å². The molecular formula is C25H30N2O4. The van der Waals surface area contributed by atoms with Gasteiger partial charge in [-0.05, 0) is 35.4 Å². The molecule has 0 heterocycles. The van der Waals surface area contributed by atoms with Gasteiger partial charge in [-0.15, -0.1) is 0 Å². The number of nitrogens with one attached hydrogen (secondary N) is 2. The fourth-order valence-corrected chi connectivity index (χ4v) is 3.13. The van der Waals surface area contributed by atoms with Gasteiger partial charge in [0.05, 0.1) is 11.4 Å². The number of amides is 2. The standard InChI is InChI=1S/C25H30N2O4/c1-7-13-30-23-11-9-19(15-21(23)26-17(3)28)25(5,6)20-10-12-24(31-14-8-2)22(16-20)27-18(4)29/h7-12,15-16H,1-2,13-14H2,3-6H3,(H,26,28)(H,27,29). The zero-order chi connectivity index (χ0) is 23.0. The van der Waals surface area contributed by atoms with Crippen molar-refractivity contribution >= 4 is 23.2 Å². The van der Waals surface area contributed by atoms with Crippen molar-refractivity contribution in [2.45, 2.75) is 33.1 Å². The van der Waals surface area contributed by atoms with Gasteiger partial charge in [-0.2, -0.15) is 0 Å². The summed E-state index contributed by atoms with van der Waals surface area (Å²) in [7, 11) is 0. The Labute approximate surface area is 184 Å². The van der Waals surface area contributed by atoms with Crippen LogP contribution in [0.5, 0.6) is 11.5 Å². The van der Waals surface area contributed by atoms with Crippen LogP contribution in [-0.4, -0.2) is 25.0 Å². The fourth-order valence-electron chi connectivity index (χ4n) is 3.13. The Balaban J connectivity index is 2.49. The lowest BCUT2D eigenvalue weighted by Crippen LogP contribution is -2.20. The van der Waals surface area contributed by atoms with Gasteiger partial charge in [0.2, 0.25) is 11.8 Å². The molecule has 0 aliphatic rings. The van der Waals surface area contributed by atoms with Gasteiger partial charge in [0.15, 0.2) is 0 Å². The number of carbonyl (C=O) groups is 2. The van der Waals surface area contributed by atoms with Gasteiger partial charge in [0.25, 0.3) is 0 Å². The highest BCUT2D eigenvalue weighted by Crippen LogP contribution is 2.39. The zero-order valence-corrected chi connectivity index (χ0v) is 18.6. The maximum atomic E-state index is 11.7. The molecule has 0 aliphatic heterocycles. The molecule has 6 nitrogen and oxygen atoms in total. The van der Waals surface area contributed by atoms with Crippen LogP contribution in [0.1, 0.15) is 38.8 Å². The highest BCUT2D eigenvalue weighted by atomic mass is 16.5. The van der Waals surface area contributed by atoms with Crippen LogP contribution in [0, 0.1) is 0 Å². The van der Waals surface area contributed by atoms with Gasteiger partial charge in [-0.3, -0.25) is 9.59 Å². The third kappa shape index (κ3) is 6.22. The van der Waals surface area contributed by atoms with Crippen molar-refractivity contribution in [3.8, 4) is 11.5 Å². The lowest BCUT2D eigenvalue weighted by molar-refractivity contribution is -0.115. The lowest BCUT2D eigenvalue weighted by Gasteiger charge is -2.28.